The van der Waals surface area contributed by atoms with Gasteiger partial charge in [0, 0.05) is 43.8 Å². The molecule has 0 spiro atoms. The maximum atomic E-state index is 13.2. The van der Waals surface area contributed by atoms with E-state index in [0.29, 0.717) is 11.3 Å². The van der Waals surface area contributed by atoms with Crippen LogP contribution in [0.15, 0.2) is 48.5 Å². The number of halogens is 5. The fourth-order valence-electron chi connectivity index (χ4n) is 3.60. The van der Waals surface area contributed by atoms with Crippen LogP contribution in [0.2, 0.25) is 0 Å². The number of carboxylic acid groups (broad SMARTS) is 1. The van der Waals surface area contributed by atoms with Crippen molar-refractivity contribution in [2.24, 2.45) is 0 Å². The average Bonchev–Trinajstić information content (AvgIpc) is 2.90. The molecule has 2 aromatic carbocycles. The number of nitro groups is 1. The van der Waals surface area contributed by atoms with E-state index in [9.17, 15) is 46.8 Å². The van der Waals surface area contributed by atoms with Crippen LogP contribution in [-0.4, -0.2) is 71.4 Å². The summed E-state index contributed by atoms with van der Waals surface area (Å²) in [6.07, 6.45) is -8.63. The standard InChI is InChI=1S/C26H30F5N3O7/c1-2-40-22(23(35)36)17-18-5-11-21(12-6-18)41-16-15-33(14-4-3-13-25(27,28)26(29,30)31)24(37)32-19-7-9-20(10-8-19)34(38)39/h5-12,22H,2-4,13-17H2,1H3,(H,32,37)(H,35,36). The smallest absolute Gasteiger partial charge is 0.453 e. The second-order valence-corrected chi connectivity index (χ2v) is 8.86. The summed E-state index contributed by atoms with van der Waals surface area (Å²) in [5.41, 5.74) is 0.677. The highest BCUT2D eigenvalue weighted by atomic mass is 19.4. The minimum absolute atomic E-state index is 0.0670. The summed E-state index contributed by atoms with van der Waals surface area (Å²) < 4.78 is 74.6. The van der Waals surface area contributed by atoms with Gasteiger partial charge in [-0.25, -0.2) is 9.59 Å². The molecule has 2 amide bonds. The van der Waals surface area contributed by atoms with E-state index in [0.717, 1.165) is 0 Å². The van der Waals surface area contributed by atoms with Crippen molar-refractivity contribution in [3.05, 3.63) is 64.2 Å². The normalized spacial score (nSPS) is 12.4. The van der Waals surface area contributed by atoms with E-state index < -0.39 is 48.0 Å². The number of carbonyl (C=O) groups excluding carboxylic acids is 1. The number of carboxylic acids is 1. The van der Waals surface area contributed by atoms with Crippen molar-refractivity contribution in [2.75, 3.05) is 31.6 Å². The van der Waals surface area contributed by atoms with Gasteiger partial charge < -0.3 is 24.8 Å². The quantitative estimate of drug-likeness (QED) is 0.107. The Morgan fingerprint density at radius 2 is 1.66 bits per heavy atom. The predicted octanol–water partition coefficient (Wildman–Crippen LogP) is 5.91. The maximum absolute atomic E-state index is 13.2. The molecule has 41 heavy (non-hydrogen) atoms. The van der Waals surface area contributed by atoms with Crippen LogP contribution in [0.1, 0.15) is 31.7 Å². The Hall–Kier alpha value is -4.01. The summed E-state index contributed by atoms with van der Waals surface area (Å²) in [7, 11) is 0. The van der Waals surface area contributed by atoms with Crippen LogP contribution in [-0.2, 0) is 16.0 Å². The molecule has 2 N–H and O–H groups in total. The fraction of sp³-hybridized carbons (Fsp3) is 0.462. The highest BCUT2D eigenvalue weighted by molar-refractivity contribution is 5.89. The Morgan fingerprint density at radius 3 is 2.20 bits per heavy atom. The number of hydrogen-bond donors (Lipinski definition) is 2. The van der Waals surface area contributed by atoms with Crippen molar-refractivity contribution in [3.63, 3.8) is 0 Å². The number of carbonyl (C=O) groups is 2. The van der Waals surface area contributed by atoms with Gasteiger partial charge in [0.15, 0.2) is 6.10 Å². The number of anilines is 1. The molecule has 0 aromatic heterocycles. The first-order chi connectivity index (χ1) is 19.2. The summed E-state index contributed by atoms with van der Waals surface area (Å²) in [4.78, 5) is 35.4. The Bertz CT molecular complexity index is 1150. The van der Waals surface area contributed by atoms with Crippen molar-refractivity contribution in [2.45, 2.75) is 50.8 Å². The van der Waals surface area contributed by atoms with E-state index in [1.54, 1.807) is 31.2 Å². The van der Waals surface area contributed by atoms with E-state index in [-0.39, 0.29) is 50.5 Å². The van der Waals surface area contributed by atoms with Gasteiger partial charge in [0.25, 0.3) is 5.69 Å². The zero-order valence-electron chi connectivity index (χ0n) is 22.0. The third-order valence-electron chi connectivity index (χ3n) is 5.82. The molecule has 1 atom stereocenters. The Balaban J connectivity index is 1.99. The fourth-order valence-corrected chi connectivity index (χ4v) is 3.60. The number of non-ortho nitro benzene ring substituents is 1. The first-order valence-electron chi connectivity index (χ1n) is 12.5. The number of rotatable bonds is 16. The molecule has 0 aliphatic rings. The van der Waals surface area contributed by atoms with Gasteiger partial charge in [-0.2, -0.15) is 22.0 Å². The van der Waals surface area contributed by atoms with Crippen molar-refractivity contribution in [1.82, 2.24) is 4.90 Å². The van der Waals surface area contributed by atoms with Gasteiger partial charge in [0.1, 0.15) is 12.4 Å². The Morgan fingerprint density at radius 1 is 1.02 bits per heavy atom. The molecule has 0 heterocycles. The number of benzene rings is 2. The average molecular weight is 592 g/mol. The highest BCUT2D eigenvalue weighted by Gasteiger charge is 2.56. The maximum Gasteiger partial charge on any atom is 0.453 e. The minimum Gasteiger partial charge on any atom is -0.492 e. The predicted molar refractivity (Wildman–Crippen MR) is 137 cm³/mol. The first kappa shape index (κ1) is 33.2. The number of nitrogens with zero attached hydrogens (tertiary/aromatic N) is 2. The molecule has 0 aliphatic carbocycles. The molecule has 0 radical (unpaired) electrons. The summed E-state index contributed by atoms with van der Waals surface area (Å²) in [5, 5.41) is 22.5. The van der Waals surface area contributed by atoms with E-state index in [4.69, 9.17) is 9.47 Å². The summed E-state index contributed by atoms with van der Waals surface area (Å²) >= 11 is 0. The second kappa shape index (κ2) is 15.1. The highest BCUT2D eigenvalue weighted by Crippen LogP contribution is 2.39. The number of urea groups is 1. The van der Waals surface area contributed by atoms with Gasteiger partial charge >= 0.3 is 24.1 Å². The van der Waals surface area contributed by atoms with Gasteiger partial charge in [-0.15, -0.1) is 0 Å². The number of ether oxygens (including phenoxy) is 2. The van der Waals surface area contributed by atoms with E-state index >= 15 is 0 Å². The molecule has 0 fully saturated rings. The van der Waals surface area contributed by atoms with Gasteiger partial charge in [-0.1, -0.05) is 12.1 Å². The number of aliphatic carboxylic acids is 1. The van der Waals surface area contributed by atoms with Crippen LogP contribution >= 0.6 is 0 Å². The molecule has 2 aromatic rings. The molecule has 0 bridgehead atoms. The van der Waals surface area contributed by atoms with Crippen LogP contribution < -0.4 is 10.1 Å². The largest absolute Gasteiger partial charge is 0.492 e. The van der Waals surface area contributed by atoms with Crippen LogP contribution in [0.5, 0.6) is 5.75 Å². The first-order valence-corrected chi connectivity index (χ1v) is 12.5. The topological polar surface area (TPSA) is 131 Å². The molecule has 1 unspecified atom stereocenters. The zero-order valence-corrected chi connectivity index (χ0v) is 22.0. The van der Waals surface area contributed by atoms with E-state index in [1.165, 1.54) is 29.2 Å². The number of nitro benzene ring substituents is 1. The van der Waals surface area contributed by atoms with Crippen LogP contribution in [0.3, 0.4) is 0 Å². The monoisotopic (exact) mass is 591 g/mol. The zero-order chi connectivity index (χ0) is 30.6. The lowest BCUT2D eigenvalue weighted by Crippen LogP contribution is -2.39. The van der Waals surface area contributed by atoms with Crippen molar-refractivity contribution in [3.8, 4) is 5.75 Å². The lowest BCUT2D eigenvalue weighted by Gasteiger charge is -2.24. The number of hydrogen-bond acceptors (Lipinski definition) is 6. The molecular formula is C26H30F5N3O7. The number of alkyl halides is 5. The Kier molecular flexibility index (Phi) is 12.2. The van der Waals surface area contributed by atoms with Gasteiger partial charge in [-0.05, 0) is 49.6 Å². The minimum atomic E-state index is -5.67. The van der Waals surface area contributed by atoms with Gasteiger partial charge in [0.05, 0.1) is 11.5 Å². The van der Waals surface area contributed by atoms with E-state index in [2.05, 4.69) is 5.32 Å². The molecule has 0 saturated carbocycles. The Labute approximate surface area is 232 Å². The van der Waals surface area contributed by atoms with Crippen LogP contribution in [0.4, 0.5) is 38.1 Å². The molecule has 0 saturated heterocycles. The summed E-state index contributed by atoms with van der Waals surface area (Å²) in [6, 6.07) is 10.7. The lowest BCUT2D eigenvalue weighted by atomic mass is 10.1. The number of amides is 2. The van der Waals surface area contributed by atoms with Gasteiger partial charge in [-0.3, -0.25) is 10.1 Å². The summed E-state index contributed by atoms with van der Waals surface area (Å²) in [5.74, 6) is -5.56. The third-order valence-corrected chi connectivity index (χ3v) is 5.82. The molecule has 10 nitrogen and oxygen atoms in total. The number of nitrogens with one attached hydrogen (secondary N) is 1. The molecule has 2 rings (SSSR count). The van der Waals surface area contributed by atoms with Gasteiger partial charge in [0.2, 0.25) is 0 Å². The van der Waals surface area contributed by atoms with Crippen LogP contribution in [0.25, 0.3) is 0 Å². The number of unbranched alkanes of at least 4 members (excludes halogenated alkanes) is 1. The molecule has 226 valence electrons. The third kappa shape index (κ3) is 10.8. The van der Waals surface area contributed by atoms with Crippen LogP contribution in [0, 0.1) is 10.1 Å². The SMILES string of the molecule is CCOC(Cc1ccc(OCCN(CCCCC(F)(F)C(F)(F)F)C(=O)Nc2ccc([N+](=O)[O-])cc2)cc1)C(=O)O. The second-order valence-electron chi connectivity index (χ2n) is 8.86. The molecular weight excluding hydrogens is 561 g/mol. The van der Waals surface area contributed by atoms with Crippen molar-refractivity contribution >= 4 is 23.4 Å². The molecule has 15 heteroatoms. The van der Waals surface area contributed by atoms with Crippen molar-refractivity contribution in [1.29, 1.82) is 0 Å². The summed E-state index contributed by atoms with van der Waals surface area (Å²) in [6.45, 7) is 1.62. The van der Waals surface area contributed by atoms with Crippen molar-refractivity contribution < 1.29 is 51.0 Å². The molecule has 0 aliphatic heterocycles. The van der Waals surface area contributed by atoms with E-state index in [1.807, 2.05) is 0 Å². The lowest BCUT2D eigenvalue weighted by molar-refractivity contribution is -0.384.